The zero-order valence-corrected chi connectivity index (χ0v) is 14.9. The summed E-state index contributed by atoms with van der Waals surface area (Å²) < 4.78 is 23.7. The van der Waals surface area contributed by atoms with Gasteiger partial charge in [0.1, 0.15) is 18.2 Å². The van der Waals surface area contributed by atoms with Gasteiger partial charge in [-0.3, -0.25) is 10.1 Å². The van der Waals surface area contributed by atoms with Crippen LogP contribution in [0, 0.1) is 15.9 Å². The number of nitrogens with zero attached hydrogens (tertiary/aromatic N) is 3. The van der Waals surface area contributed by atoms with Gasteiger partial charge in [0.15, 0.2) is 11.6 Å². The molecule has 0 saturated heterocycles. The van der Waals surface area contributed by atoms with Gasteiger partial charge >= 0.3 is 5.69 Å². The normalized spacial score (nSPS) is 10.9. The first-order chi connectivity index (χ1) is 12.9. The minimum absolute atomic E-state index is 0.0331. The maximum absolute atomic E-state index is 13.4. The number of nitro groups is 1. The smallest absolute Gasteiger partial charge is 0.311 e. The zero-order chi connectivity index (χ0) is 19.6. The molecule has 1 aromatic heterocycles. The molecule has 0 radical (unpaired) electrons. The SMILES string of the molecule is COCCOc1cc2nc(-c3ccc(F)c(Cl)c3)nc(N)c2cc1[N+](=O)[O-]. The molecule has 0 amide bonds. The maximum atomic E-state index is 13.4. The second-order valence-corrected chi connectivity index (χ2v) is 5.90. The van der Waals surface area contributed by atoms with E-state index in [0.717, 1.165) is 0 Å². The molecule has 0 aliphatic rings. The van der Waals surface area contributed by atoms with E-state index in [1.165, 1.54) is 37.4 Å². The third-order valence-electron chi connectivity index (χ3n) is 3.73. The van der Waals surface area contributed by atoms with Crippen molar-refractivity contribution < 1.29 is 18.8 Å². The van der Waals surface area contributed by atoms with Gasteiger partial charge in [-0.2, -0.15) is 0 Å². The van der Waals surface area contributed by atoms with Crippen molar-refractivity contribution in [3.05, 3.63) is 51.3 Å². The molecule has 1 heterocycles. The van der Waals surface area contributed by atoms with Gasteiger partial charge in [0.25, 0.3) is 0 Å². The van der Waals surface area contributed by atoms with E-state index in [1.807, 2.05) is 0 Å². The van der Waals surface area contributed by atoms with Crippen LogP contribution in [0.15, 0.2) is 30.3 Å². The summed E-state index contributed by atoms with van der Waals surface area (Å²) in [5.41, 5.74) is 6.50. The van der Waals surface area contributed by atoms with E-state index in [-0.39, 0.29) is 41.3 Å². The summed E-state index contributed by atoms with van der Waals surface area (Å²) in [5, 5.41) is 11.6. The first-order valence-electron chi connectivity index (χ1n) is 7.73. The summed E-state index contributed by atoms with van der Waals surface area (Å²) in [6.45, 7) is 0.393. The molecule has 2 aromatic carbocycles. The molecular weight excluding hydrogens is 379 g/mol. The molecule has 2 N–H and O–H groups in total. The van der Waals surface area contributed by atoms with Crippen LogP contribution >= 0.6 is 11.6 Å². The topological polar surface area (TPSA) is 113 Å². The van der Waals surface area contributed by atoms with Crippen LogP contribution < -0.4 is 10.5 Å². The van der Waals surface area contributed by atoms with Crippen LogP contribution in [0.5, 0.6) is 5.75 Å². The number of benzene rings is 2. The number of nitrogen functional groups attached to an aromatic ring is 1. The Kier molecular flexibility index (Phi) is 5.33. The molecule has 0 aliphatic carbocycles. The zero-order valence-electron chi connectivity index (χ0n) is 14.1. The van der Waals surface area contributed by atoms with Gasteiger partial charge in [-0.15, -0.1) is 0 Å². The highest BCUT2D eigenvalue weighted by atomic mass is 35.5. The first kappa shape index (κ1) is 18.7. The van der Waals surface area contributed by atoms with E-state index >= 15 is 0 Å². The van der Waals surface area contributed by atoms with Crippen LogP contribution in [0.3, 0.4) is 0 Å². The molecule has 0 atom stereocenters. The maximum Gasteiger partial charge on any atom is 0.311 e. The van der Waals surface area contributed by atoms with Gasteiger partial charge in [0.2, 0.25) is 0 Å². The van der Waals surface area contributed by atoms with Crippen molar-refractivity contribution in [2.24, 2.45) is 0 Å². The quantitative estimate of drug-likeness (QED) is 0.387. The molecule has 0 fully saturated rings. The van der Waals surface area contributed by atoms with E-state index in [2.05, 4.69) is 9.97 Å². The van der Waals surface area contributed by atoms with Crippen molar-refractivity contribution in [3.8, 4) is 17.1 Å². The number of ether oxygens (including phenoxy) is 2. The van der Waals surface area contributed by atoms with Crippen LogP contribution in [-0.2, 0) is 4.74 Å². The summed E-state index contributed by atoms with van der Waals surface area (Å²) in [7, 11) is 1.49. The molecular formula is C17H14ClFN4O4. The lowest BCUT2D eigenvalue weighted by atomic mass is 10.1. The fraction of sp³-hybridized carbons (Fsp3) is 0.176. The van der Waals surface area contributed by atoms with Gasteiger partial charge in [-0.05, 0) is 18.2 Å². The molecule has 0 unspecified atom stereocenters. The predicted octanol–water partition coefficient (Wildman–Crippen LogP) is 3.60. The lowest BCUT2D eigenvalue weighted by molar-refractivity contribution is -0.385. The van der Waals surface area contributed by atoms with Crippen LogP contribution in [0.25, 0.3) is 22.3 Å². The minimum Gasteiger partial charge on any atom is -0.484 e. The van der Waals surface area contributed by atoms with Crippen molar-refractivity contribution in [1.82, 2.24) is 9.97 Å². The Bertz CT molecular complexity index is 1030. The monoisotopic (exact) mass is 392 g/mol. The second-order valence-electron chi connectivity index (χ2n) is 5.50. The van der Waals surface area contributed by atoms with Gasteiger partial charge < -0.3 is 15.2 Å². The van der Waals surface area contributed by atoms with Crippen molar-refractivity contribution in [3.63, 3.8) is 0 Å². The number of anilines is 1. The number of nitro benzene ring substituents is 1. The van der Waals surface area contributed by atoms with Gasteiger partial charge in [0, 0.05) is 30.2 Å². The lowest BCUT2D eigenvalue weighted by Gasteiger charge is -2.10. The van der Waals surface area contributed by atoms with Crippen LogP contribution in [0.2, 0.25) is 5.02 Å². The molecule has 3 rings (SSSR count). The number of methoxy groups -OCH3 is 1. The average molecular weight is 393 g/mol. The number of rotatable bonds is 6. The van der Waals surface area contributed by atoms with Crippen molar-refractivity contribution in [1.29, 1.82) is 0 Å². The Morgan fingerprint density at radius 1 is 1.26 bits per heavy atom. The molecule has 0 aliphatic heterocycles. The number of halogens is 2. The number of hydrogen-bond acceptors (Lipinski definition) is 7. The third-order valence-corrected chi connectivity index (χ3v) is 4.02. The molecule has 10 heteroatoms. The highest BCUT2D eigenvalue weighted by Gasteiger charge is 2.20. The standard InChI is InChI=1S/C17H14ClFN4O4/c1-26-4-5-27-15-8-13-10(7-14(15)23(24)25)16(20)22-17(21-13)9-2-3-12(19)11(18)6-9/h2-3,6-8H,4-5H2,1H3,(H2,20,21,22). The number of hydrogen-bond donors (Lipinski definition) is 1. The average Bonchev–Trinajstić information content (AvgIpc) is 2.63. The second kappa shape index (κ2) is 7.68. The largest absolute Gasteiger partial charge is 0.484 e. The number of fused-ring (bicyclic) bond motifs is 1. The van der Waals surface area contributed by atoms with Gasteiger partial charge in [-0.25, -0.2) is 14.4 Å². The molecule has 8 nitrogen and oxygen atoms in total. The Labute approximate surface area is 157 Å². The Morgan fingerprint density at radius 2 is 2.04 bits per heavy atom. The first-order valence-corrected chi connectivity index (χ1v) is 8.11. The van der Waals surface area contributed by atoms with Crippen LogP contribution in [0.1, 0.15) is 0 Å². The number of nitrogens with two attached hydrogens (primary N) is 1. The molecule has 140 valence electrons. The van der Waals surface area contributed by atoms with E-state index in [4.69, 9.17) is 26.8 Å². The Morgan fingerprint density at radius 3 is 2.70 bits per heavy atom. The summed E-state index contributed by atoms with van der Waals surface area (Å²) in [5.74, 6) is -0.287. The predicted molar refractivity (Wildman–Crippen MR) is 98.4 cm³/mol. The molecule has 0 saturated carbocycles. The fourth-order valence-electron chi connectivity index (χ4n) is 2.43. The molecule has 27 heavy (non-hydrogen) atoms. The Hall–Kier alpha value is -3.04. The summed E-state index contributed by atoms with van der Waals surface area (Å²) in [4.78, 5) is 19.3. The van der Waals surface area contributed by atoms with Crippen molar-refractivity contribution >= 4 is 34.0 Å². The Balaban J connectivity index is 2.13. The summed E-state index contributed by atoms with van der Waals surface area (Å²) in [6.07, 6.45) is 0. The van der Waals surface area contributed by atoms with Gasteiger partial charge in [0.05, 0.1) is 22.1 Å². The van der Waals surface area contributed by atoms with E-state index in [0.29, 0.717) is 16.5 Å². The van der Waals surface area contributed by atoms with Crippen LogP contribution in [-0.4, -0.2) is 35.2 Å². The van der Waals surface area contributed by atoms with Crippen LogP contribution in [0.4, 0.5) is 15.9 Å². The van der Waals surface area contributed by atoms with E-state index in [1.54, 1.807) is 0 Å². The summed E-state index contributed by atoms with van der Waals surface area (Å²) in [6, 6.07) is 6.70. The fourth-order valence-corrected chi connectivity index (χ4v) is 2.61. The highest BCUT2D eigenvalue weighted by Crippen LogP contribution is 2.34. The summed E-state index contributed by atoms with van der Waals surface area (Å²) >= 11 is 5.80. The third kappa shape index (κ3) is 3.88. The highest BCUT2D eigenvalue weighted by molar-refractivity contribution is 6.31. The molecule has 3 aromatic rings. The lowest BCUT2D eigenvalue weighted by Crippen LogP contribution is -2.07. The minimum atomic E-state index is -0.575. The van der Waals surface area contributed by atoms with Crippen molar-refractivity contribution in [2.45, 2.75) is 0 Å². The number of aromatic nitrogens is 2. The van der Waals surface area contributed by atoms with E-state index in [9.17, 15) is 14.5 Å². The van der Waals surface area contributed by atoms with Crippen molar-refractivity contribution in [2.75, 3.05) is 26.1 Å². The molecule has 0 spiro atoms. The van der Waals surface area contributed by atoms with Gasteiger partial charge in [-0.1, -0.05) is 11.6 Å². The molecule has 0 bridgehead atoms. The van der Waals surface area contributed by atoms with E-state index < -0.39 is 10.7 Å².